The highest BCUT2D eigenvalue weighted by Crippen LogP contribution is 2.39. The molecular weight excluding hydrogens is 278 g/mol. The van der Waals surface area contributed by atoms with Crippen LogP contribution in [0.1, 0.15) is 13.8 Å². The van der Waals surface area contributed by atoms with Crippen LogP contribution >= 0.6 is 17.2 Å². The van der Waals surface area contributed by atoms with Crippen molar-refractivity contribution >= 4 is 17.2 Å². The lowest BCUT2D eigenvalue weighted by Gasteiger charge is -2.14. The second-order valence-electron chi connectivity index (χ2n) is 2.73. The lowest BCUT2D eigenvalue weighted by Crippen LogP contribution is -1.96. The highest BCUT2D eigenvalue weighted by atomic mass is 31.2. The highest BCUT2D eigenvalue weighted by Gasteiger charge is 2.11. The Bertz CT molecular complexity index is 276. The quantitative estimate of drug-likeness (QED) is 0.699. The maximum absolute atomic E-state index is 7.23. The minimum absolute atomic E-state index is 0.596. The molecule has 0 spiro atoms. The first-order valence-electron chi connectivity index (χ1n) is 5.25. The second kappa shape index (κ2) is 11.8. The van der Waals surface area contributed by atoms with Crippen molar-refractivity contribution in [2.45, 2.75) is 13.8 Å². The van der Waals surface area contributed by atoms with Gasteiger partial charge in [-0.3, -0.25) is 0 Å². The molecule has 0 radical (unpaired) electrons. The predicted molar refractivity (Wildman–Crippen MR) is 70.8 cm³/mol. The normalized spacial score (nSPS) is 10.2. The fraction of sp³-hybridized carbons (Fsp3) is 0.400. The Kier molecular flexibility index (Phi) is 11.5. The molecule has 1 aromatic carbocycles. The van der Waals surface area contributed by atoms with E-state index in [-0.39, 0.29) is 0 Å². The van der Waals surface area contributed by atoms with Gasteiger partial charge in [-0.1, -0.05) is 18.2 Å². The fourth-order valence-electron chi connectivity index (χ4n) is 0.868. The van der Waals surface area contributed by atoms with Gasteiger partial charge in [-0.25, -0.2) is 0 Å². The molecule has 6 nitrogen and oxygen atoms in total. The van der Waals surface area contributed by atoms with E-state index in [1.165, 1.54) is 0 Å². The van der Waals surface area contributed by atoms with Gasteiger partial charge in [0.2, 0.25) is 0 Å². The number of hydrogen-bond donors (Lipinski definition) is 3. The summed E-state index contributed by atoms with van der Waals surface area (Å²) >= 11 is 0. The van der Waals surface area contributed by atoms with Crippen LogP contribution in [0.4, 0.5) is 0 Å². The average Bonchev–Trinajstić information content (AvgIpc) is 2.30. The van der Waals surface area contributed by atoms with Crippen molar-refractivity contribution in [2.24, 2.45) is 0 Å². The van der Waals surface area contributed by atoms with Crippen molar-refractivity contribution in [1.29, 1.82) is 0 Å². The van der Waals surface area contributed by atoms with Crippen molar-refractivity contribution in [3.63, 3.8) is 0 Å². The third-order valence-electron chi connectivity index (χ3n) is 1.39. The van der Waals surface area contributed by atoms with Crippen LogP contribution < -0.4 is 4.52 Å². The molecule has 8 heteroatoms. The van der Waals surface area contributed by atoms with Crippen molar-refractivity contribution in [3.8, 4) is 5.75 Å². The molecular formula is C10H18O6P2. The second-order valence-corrected chi connectivity index (χ2v) is 4.41. The summed E-state index contributed by atoms with van der Waals surface area (Å²) in [7, 11) is -3.86. The SMILES string of the molecule is CCOP(OCC)Oc1ccccc1.OP(O)O. The van der Waals surface area contributed by atoms with Gasteiger partial charge in [0, 0.05) is 0 Å². The first-order valence-corrected chi connectivity index (χ1v) is 7.55. The number of para-hydroxylation sites is 1. The van der Waals surface area contributed by atoms with Gasteiger partial charge >= 0.3 is 17.2 Å². The molecule has 0 amide bonds. The minimum Gasteiger partial charge on any atom is -0.427 e. The van der Waals surface area contributed by atoms with Gasteiger partial charge in [0.05, 0.1) is 13.2 Å². The van der Waals surface area contributed by atoms with Gasteiger partial charge < -0.3 is 28.3 Å². The highest BCUT2D eigenvalue weighted by molar-refractivity contribution is 7.42. The van der Waals surface area contributed by atoms with Crippen LogP contribution in [0.5, 0.6) is 5.75 Å². The molecule has 3 N–H and O–H groups in total. The Balaban J connectivity index is 0.000000631. The number of rotatable bonds is 6. The van der Waals surface area contributed by atoms with E-state index in [1.54, 1.807) is 0 Å². The van der Waals surface area contributed by atoms with Gasteiger partial charge in [0.15, 0.2) is 0 Å². The topological polar surface area (TPSA) is 88.4 Å². The number of benzene rings is 1. The summed E-state index contributed by atoms with van der Waals surface area (Å²) in [4.78, 5) is 21.7. The van der Waals surface area contributed by atoms with E-state index < -0.39 is 17.2 Å². The molecule has 0 heterocycles. The summed E-state index contributed by atoms with van der Waals surface area (Å²) in [5.41, 5.74) is 0. The molecule has 0 bridgehead atoms. The van der Waals surface area contributed by atoms with E-state index in [2.05, 4.69) is 0 Å². The van der Waals surface area contributed by atoms with Crippen molar-refractivity contribution < 1.29 is 28.3 Å². The van der Waals surface area contributed by atoms with Gasteiger partial charge in [-0.2, -0.15) is 0 Å². The molecule has 0 unspecified atom stereocenters. The van der Waals surface area contributed by atoms with E-state index >= 15 is 0 Å². The van der Waals surface area contributed by atoms with E-state index in [0.29, 0.717) is 13.2 Å². The van der Waals surface area contributed by atoms with Crippen LogP contribution in [0.3, 0.4) is 0 Å². The molecule has 0 saturated carbocycles. The van der Waals surface area contributed by atoms with Gasteiger partial charge in [-0.15, -0.1) is 0 Å². The van der Waals surface area contributed by atoms with Gasteiger partial charge in [-0.05, 0) is 26.0 Å². The largest absolute Gasteiger partial charge is 0.427 e. The summed E-state index contributed by atoms with van der Waals surface area (Å²) < 4.78 is 16.1. The molecule has 1 rings (SSSR count). The van der Waals surface area contributed by atoms with Crippen LogP contribution in [0, 0.1) is 0 Å². The lowest BCUT2D eigenvalue weighted by molar-refractivity contribution is 0.221. The summed E-state index contributed by atoms with van der Waals surface area (Å²) in [5, 5.41) is 0. The average molecular weight is 296 g/mol. The molecule has 1 aromatic rings. The van der Waals surface area contributed by atoms with Crippen molar-refractivity contribution in [2.75, 3.05) is 13.2 Å². The molecule has 18 heavy (non-hydrogen) atoms. The van der Waals surface area contributed by atoms with Gasteiger partial charge in [0.1, 0.15) is 5.75 Å². The summed E-state index contributed by atoms with van der Waals surface area (Å²) in [5.74, 6) is 0.778. The smallest absolute Gasteiger partial charge is 0.397 e. The van der Waals surface area contributed by atoms with Crippen LogP contribution in [0.15, 0.2) is 30.3 Å². The Labute approximate surface area is 109 Å². The van der Waals surface area contributed by atoms with Gasteiger partial charge in [0.25, 0.3) is 0 Å². The zero-order chi connectivity index (χ0) is 13.8. The Hall–Kier alpha value is -0.320. The minimum atomic E-state index is -2.62. The first kappa shape index (κ1) is 17.7. The maximum atomic E-state index is 7.23. The third-order valence-corrected chi connectivity index (χ3v) is 2.69. The Morgan fingerprint density at radius 2 is 1.39 bits per heavy atom. The standard InChI is InChI=1S/C10H15O3P.H3O3P/c1-3-11-14(12-4-2)13-10-8-6-5-7-9-10;1-4(2)3/h5-9H,3-4H2,1-2H3;1-3H. The van der Waals surface area contributed by atoms with Crippen LogP contribution in [-0.2, 0) is 9.05 Å². The van der Waals surface area contributed by atoms with Crippen molar-refractivity contribution in [1.82, 2.24) is 0 Å². The maximum Gasteiger partial charge on any atom is 0.397 e. The molecule has 0 aliphatic heterocycles. The molecule has 0 fully saturated rings. The van der Waals surface area contributed by atoms with E-state index in [4.69, 9.17) is 28.3 Å². The molecule has 0 aliphatic carbocycles. The van der Waals surface area contributed by atoms with E-state index in [0.717, 1.165) is 5.75 Å². The molecule has 0 atom stereocenters. The first-order chi connectivity index (χ1) is 8.60. The van der Waals surface area contributed by atoms with Crippen molar-refractivity contribution in [3.05, 3.63) is 30.3 Å². The fourth-order valence-corrected chi connectivity index (χ4v) is 1.76. The summed E-state index contributed by atoms with van der Waals surface area (Å²) in [6.45, 7) is 5.03. The molecule has 0 aliphatic rings. The Morgan fingerprint density at radius 1 is 0.944 bits per heavy atom. The molecule has 104 valence electrons. The third kappa shape index (κ3) is 10.8. The zero-order valence-corrected chi connectivity index (χ0v) is 12.1. The lowest BCUT2D eigenvalue weighted by atomic mass is 10.3. The zero-order valence-electron chi connectivity index (χ0n) is 10.3. The molecule has 0 aromatic heterocycles. The summed E-state index contributed by atoms with van der Waals surface area (Å²) in [6, 6.07) is 9.54. The molecule has 0 saturated heterocycles. The monoisotopic (exact) mass is 296 g/mol. The van der Waals surface area contributed by atoms with Crippen LogP contribution in [0.2, 0.25) is 0 Å². The van der Waals surface area contributed by atoms with Crippen LogP contribution in [-0.4, -0.2) is 27.9 Å². The predicted octanol–water partition coefficient (Wildman–Crippen LogP) is 2.56. The van der Waals surface area contributed by atoms with Crippen LogP contribution in [0.25, 0.3) is 0 Å². The number of hydrogen-bond acceptors (Lipinski definition) is 6. The van der Waals surface area contributed by atoms with E-state index in [9.17, 15) is 0 Å². The summed E-state index contributed by atoms with van der Waals surface area (Å²) in [6.07, 6.45) is 0. The van der Waals surface area contributed by atoms with E-state index in [1.807, 2.05) is 44.2 Å². The Morgan fingerprint density at radius 3 is 1.78 bits per heavy atom.